The number of nitrogens with zero attached hydrogens (tertiary/aromatic N) is 2. The van der Waals surface area contributed by atoms with Crippen LogP contribution in [-0.4, -0.2) is 22.3 Å². The van der Waals surface area contributed by atoms with Crippen LogP contribution in [0.2, 0.25) is 5.02 Å². The van der Waals surface area contributed by atoms with Crippen LogP contribution in [0.25, 0.3) is 6.08 Å². The molecule has 0 radical (unpaired) electrons. The summed E-state index contributed by atoms with van der Waals surface area (Å²) in [5.74, 6) is 0. The second-order valence-corrected chi connectivity index (χ2v) is 6.63. The third-order valence-corrected chi connectivity index (χ3v) is 4.43. The van der Waals surface area contributed by atoms with Crippen LogP contribution in [0.1, 0.15) is 17.5 Å². The van der Waals surface area contributed by atoms with Gasteiger partial charge in [-0.25, -0.2) is 4.98 Å². The van der Waals surface area contributed by atoms with Crippen molar-refractivity contribution in [3.63, 3.8) is 0 Å². The van der Waals surface area contributed by atoms with Crippen LogP contribution >= 0.6 is 11.6 Å². The fraction of sp³-hybridized carbons (Fsp3) is 0.227. The summed E-state index contributed by atoms with van der Waals surface area (Å²) in [6.07, 6.45) is 11.8. The van der Waals surface area contributed by atoms with E-state index in [9.17, 15) is 0 Å². The Morgan fingerprint density at radius 1 is 1.08 bits per heavy atom. The van der Waals surface area contributed by atoms with Crippen molar-refractivity contribution in [3.8, 4) is 0 Å². The van der Waals surface area contributed by atoms with Gasteiger partial charge in [-0.1, -0.05) is 66.2 Å². The summed E-state index contributed by atoms with van der Waals surface area (Å²) in [6.45, 7) is 1.39. The summed E-state index contributed by atoms with van der Waals surface area (Å²) in [5, 5.41) is 0.769. The van der Waals surface area contributed by atoms with E-state index >= 15 is 0 Å². The molecular formula is C22H23ClN2O. The maximum absolute atomic E-state index is 6.12. The van der Waals surface area contributed by atoms with Gasteiger partial charge in [-0.3, -0.25) is 0 Å². The molecule has 0 spiro atoms. The minimum absolute atomic E-state index is 0.125. The van der Waals surface area contributed by atoms with Gasteiger partial charge < -0.3 is 9.30 Å². The van der Waals surface area contributed by atoms with Gasteiger partial charge in [-0.2, -0.15) is 0 Å². The van der Waals surface area contributed by atoms with Crippen LogP contribution < -0.4 is 0 Å². The average molecular weight is 367 g/mol. The molecule has 26 heavy (non-hydrogen) atoms. The zero-order valence-electron chi connectivity index (χ0n) is 14.7. The molecular weight excluding hydrogens is 344 g/mol. The first-order valence-corrected chi connectivity index (χ1v) is 9.21. The van der Waals surface area contributed by atoms with Crippen molar-refractivity contribution >= 4 is 17.7 Å². The van der Waals surface area contributed by atoms with Crippen molar-refractivity contribution < 1.29 is 4.74 Å². The number of aromatic nitrogens is 2. The molecule has 134 valence electrons. The van der Waals surface area contributed by atoms with Gasteiger partial charge >= 0.3 is 0 Å². The topological polar surface area (TPSA) is 27.1 Å². The highest BCUT2D eigenvalue weighted by molar-refractivity contribution is 6.30. The molecule has 0 aliphatic rings. The Morgan fingerprint density at radius 3 is 2.62 bits per heavy atom. The van der Waals surface area contributed by atoms with Gasteiger partial charge in [0.25, 0.3) is 0 Å². The lowest BCUT2D eigenvalue weighted by Crippen LogP contribution is -2.20. The first-order chi connectivity index (χ1) is 12.8. The number of imidazole rings is 1. The van der Waals surface area contributed by atoms with Gasteiger partial charge in [0.15, 0.2) is 0 Å². The van der Waals surface area contributed by atoms with Gasteiger partial charge in [-0.05, 0) is 36.1 Å². The maximum Gasteiger partial charge on any atom is 0.0946 e. The van der Waals surface area contributed by atoms with E-state index in [0.717, 1.165) is 24.4 Å². The fourth-order valence-corrected chi connectivity index (χ4v) is 2.90. The van der Waals surface area contributed by atoms with E-state index in [-0.39, 0.29) is 6.10 Å². The van der Waals surface area contributed by atoms with Crippen LogP contribution in [0.4, 0.5) is 0 Å². The van der Waals surface area contributed by atoms with Gasteiger partial charge in [-0.15, -0.1) is 0 Å². The van der Waals surface area contributed by atoms with E-state index in [1.807, 2.05) is 42.9 Å². The standard InChI is InChI=1S/C22H23ClN2O/c23-21-11-8-20(9-12-21)10-13-22(17-25-15-14-24-18-25)26-16-4-7-19-5-2-1-3-6-19/h1-9,11-12,14-15,18,22H,10,13,16-17H2. The number of hydrogen-bond acceptors (Lipinski definition) is 2. The smallest absolute Gasteiger partial charge is 0.0946 e. The Bertz CT molecular complexity index is 783. The lowest BCUT2D eigenvalue weighted by Gasteiger charge is -2.18. The first kappa shape index (κ1) is 18.4. The van der Waals surface area contributed by atoms with Gasteiger partial charge in [0.1, 0.15) is 0 Å². The van der Waals surface area contributed by atoms with Gasteiger partial charge in [0, 0.05) is 24.0 Å². The Labute approximate surface area is 159 Å². The number of halogens is 1. The van der Waals surface area contributed by atoms with Crippen molar-refractivity contribution in [2.24, 2.45) is 0 Å². The minimum Gasteiger partial charge on any atom is -0.372 e. The zero-order valence-corrected chi connectivity index (χ0v) is 15.4. The molecule has 3 nitrogen and oxygen atoms in total. The zero-order chi connectivity index (χ0) is 18.0. The predicted octanol–water partition coefficient (Wildman–Crippen LogP) is 5.27. The Balaban J connectivity index is 1.54. The predicted molar refractivity (Wildman–Crippen MR) is 107 cm³/mol. The van der Waals surface area contributed by atoms with Crippen molar-refractivity contribution in [1.29, 1.82) is 0 Å². The third kappa shape index (κ3) is 6.17. The van der Waals surface area contributed by atoms with E-state index in [4.69, 9.17) is 16.3 Å². The maximum atomic E-state index is 6.12. The average Bonchev–Trinajstić information content (AvgIpc) is 3.18. The summed E-state index contributed by atoms with van der Waals surface area (Å²) >= 11 is 5.96. The summed E-state index contributed by atoms with van der Waals surface area (Å²) in [5.41, 5.74) is 2.46. The normalized spacial score (nSPS) is 12.5. The second kappa shape index (κ2) is 9.95. The van der Waals surface area contributed by atoms with Gasteiger partial charge in [0.05, 0.1) is 19.0 Å². The summed E-state index contributed by atoms with van der Waals surface area (Å²) in [4.78, 5) is 4.12. The molecule has 3 aromatic rings. The van der Waals surface area contributed by atoms with Crippen molar-refractivity contribution in [2.75, 3.05) is 6.61 Å². The largest absolute Gasteiger partial charge is 0.372 e. The van der Waals surface area contributed by atoms with Crippen LogP contribution in [0, 0.1) is 0 Å². The van der Waals surface area contributed by atoms with Crippen LogP contribution in [0.3, 0.4) is 0 Å². The van der Waals surface area contributed by atoms with E-state index in [1.54, 1.807) is 6.20 Å². The number of rotatable bonds is 9. The second-order valence-electron chi connectivity index (χ2n) is 6.19. The number of aryl methyl sites for hydroxylation is 1. The molecule has 0 fully saturated rings. The lowest BCUT2D eigenvalue weighted by molar-refractivity contribution is 0.0553. The molecule has 0 saturated carbocycles. The Kier molecular flexibility index (Phi) is 7.05. The molecule has 4 heteroatoms. The van der Waals surface area contributed by atoms with Crippen molar-refractivity contribution in [3.05, 3.63) is 95.5 Å². The molecule has 1 atom stereocenters. The fourth-order valence-electron chi connectivity index (χ4n) is 2.78. The van der Waals surface area contributed by atoms with Crippen LogP contribution in [0.5, 0.6) is 0 Å². The molecule has 1 unspecified atom stereocenters. The molecule has 0 bridgehead atoms. The highest BCUT2D eigenvalue weighted by Gasteiger charge is 2.10. The van der Waals surface area contributed by atoms with Crippen LogP contribution in [0.15, 0.2) is 79.4 Å². The highest BCUT2D eigenvalue weighted by Crippen LogP contribution is 2.14. The molecule has 0 amide bonds. The molecule has 2 aromatic carbocycles. The van der Waals surface area contributed by atoms with E-state index in [2.05, 4.69) is 46.0 Å². The Hall–Kier alpha value is -2.36. The molecule has 0 aliphatic carbocycles. The molecule has 1 aromatic heterocycles. The van der Waals surface area contributed by atoms with E-state index < -0.39 is 0 Å². The van der Waals surface area contributed by atoms with E-state index in [0.29, 0.717) is 6.61 Å². The number of ether oxygens (including phenoxy) is 1. The first-order valence-electron chi connectivity index (χ1n) is 8.83. The monoisotopic (exact) mass is 366 g/mol. The summed E-state index contributed by atoms with van der Waals surface area (Å²) < 4.78 is 8.18. The van der Waals surface area contributed by atoms with Crippen molar-refractivity contribution in [1.82, 2.24) is 9.55 Å². The Morgan fingerprint density at radius 2 is 1.88 bits per heavy atom. The van der Waals surface area contributed by atoms with Crippen molar-refractivity contribution in [2.45, 2.75) is 25.5 Å². The minimum atomic E-state index is 0.125. The lowest BCUT2D eigenvalue weighted by atomic mass is 10.1. The van der Waals surface area contributed by atoms with E-state index in [1.165, 1.54) is 11.1 Å². The molecule has 0 N–H and O–H groups in total. The SMILES string of the molecule is Clc1ccc(CCC(Cn2ccnc2)OCC=Cc2ccccc2)cc1. The summed E-state index contributed by atoms with van der Waals surface area (Å²) in [6, 6.07) is 18.3. The van der Waals surface area contributed by atoms with Gasteiger partial charge in [0.2, 0.25) is 0 Å². The molecule has 0 saturated heterocycles. The number of hydrogen-bond donors (Lipinski definition) is 0. The quantitative estimate of drug-likeness (QED) is 0.516. The molecule has 0 aliphatic heterocycles. The molecule has 3 rings (SSSR count). The molecule has 1 heterocycles. The highest BCUT2D eigenvalue weighted by atomic mass is 35.5. The van der Waals surface area contributed by atoms with Crippen LogP contribution in [-0.2, 0) is 17.7 Å². The summed E-state index contributed by atoms with van der Waals surface area (Å²) in [7, 11) is 0. The number of benzene rings is 2. The third-order valence-electron chi connectivity index (χ3n) is 4.18.